The number of ether oxygens (including phenoxy) is 1. The van der Waals surface area contributed by atoms with Crippen molar-refractivity contribution >= 4 is 22.3 Å². The van der Waals surface area contributed by atoms with Crippen molar-refractivity contribution in [2.75, 3.05) is 38.2 Å². The van der Waals surface area contributed by atoms with Crippen LogP contribution in [0.5, 0.6) is 0 Å². The van der Waals surface area contributed by atoms with E-state index < -0.39 is 4.92 Å². The normalized spacial score (nSPS) is 15.3. The number of nitriles is 1. The summed E-state index contributed by atoms with van der Waals surface area (Å²) < 4.78 is 5.44. The third-order valence-electron chi connectivity index (χ3n) is 5.54. The van der Waals surface area contributed by atoms with Crippen LogP contribution >= 0.6 is 0 Å². The molecule has 158 valence electrons. The number of nitro groups is 1. The molecule has 0 bridgehead atoms. The van der Waals surface area contributed by atoms with E-state index in [1.165, 1.54) is 18.3 Å². The molecule has 1 saturated heterocycles. The molecular weight excluding hydrogens is 394 g/mol. The van der Waals surface area contributed by atoms with E-state index in [0.717, 1.165) is 44.8 Å². The smallest absolute Gasteiger partial charge is 0.270 e. The van der Waals surface area contributed by atoms with Gasteiger partial charge in [-0.15, -0.1) is 0 Å². The first-order valence-corrected chi connectivity index (χ1v) is 10.2. The van der Waals surface area contributed by atoms with E-state index in [-0.39, 0.29) is 11.7 Å². The Morgan fingerprint density at radius 3 is 2.71 bits per heavy atom. The molecule has 0 radical (unpaired) electrons. The molecule has 1 fully saturated rings. The zero-order valence-corrected chi connectivity index (χ0v) is 17.0. The molecular formula is C23H23N5O3. The van der Waals surface area contributed by atoms with Gasteiger partial charge in [0.2, 0.25) is 0 Å². The topological polar surface area (TPSA) is 104 Å². The summed E-state index contributed by atoms with van der Waals surface area (Å²) >= 11 is 0. The Bertz CT molecular complexity index is 1110. The Morgan fingerprint density at radius 1 is 1.23 bits per heavy atom. The number of anilines is 1. The second-order valence-corrected chi connectivity index (χ2v) is 7.47. The van der Waals surface area contributed by atoms with Crippen LogP contribution in [-0.2, 0) is 4.74 Å². The lowest BCUT2D eigenvalue weighted by Crippen LogP contribution is -2.37. The number of pyridine rings is 1. The van der Waals surface area contributed by atoms with E-state index in [2.05, 4.69) is 33.4 Å². The summed E-state index contributed by atoms with van der Waals surface area (Å²) in [6.45, 7) is 4.15. The van der Waals surface area contributed by atoms with Gasteiger partial charge in [-0.25, -0.2) is 0 Å². The van der Waals surface area contributed by atoms with Gasteiger partial charge in [-0.2, -0.15) is 5.26 Å². The number of benzene rings is 2. The molecule has 0 saturated carbocycles. The van der Waals surface area contributed by atoms with Gasteiger partial charge in [0.05, 0.1) is 40.9 Å². The minimum Gasteiger partial charge on any atom is -0.379 e. The Balaban J connectivity index is 1.70. The number of rotatable bonds is 7. The fourth-order valence-electron chi connectivity index (χ4n) is 3.85. The van der Waals surface area contributed by atoms with Gasteiger partial charge >= 0.3 is 0 Å². The molecule has 1 N–H and O–H groups in total. The van der Waals surface area contributed by atoms with Crippen molar-refractivity contribution < 1.29 is 9.66 Å². The maximum absolute atomic E-state index is 11.3. The van der Waals surface area contributed by atoms with E-state index in [1.54, 1.807) is 6.07 Å². The molecule has 2 aromatic carbocycles. The highest BCUT2D eigenvalue weighted by Gasteiger charge is 2.20. The summed E-state index contributed by atoms with van der Waals surface area (Å²) in [5.74, 6) is 0. The largest absolute Gasteiger partial charge is 0.379 e. The van der Waals surface area contributed by atoms with Gasteiger partial charge < -0.3 is 10.1 Å². The maximum atomic E-state index is 11.3. The molecule has 8 heteroatoms. The number of hydrogen-bond acceptors (Lipinski definition) is 7. The van der Waals surface area contributed by atoms with Crippen LogP contribution in [-0.4, -0.2) is 47.7 Å². The SMILES string of the molecule is N#Cc1cnc2ccc([N+](=O)[O-])cc2c1NC(CCN1CCOCC1)c1ccccc1. The first kappa shape index (κ1) is 20.7. The number of non-ortho nitro benzene ring substituents is 1. The lowest BCUT2D eigenvalue weighted by Gasteiger charge is -2.29. The number of morpholine rings is 1. The molecule has 1 atom stereocenters. The van der Waals surface area contributed by atoms with Crippen LogP contribution in [0.1, 0.15) is 23.6 Å². The fraction of sp³-hybridized carbons (Fsp3) is 0.304. The van der Waals surface area contributed by atoms with Crippen molar-refractivity contribution in [3.63, 3.8) is 0 Å². The molecule has 1 aliphatic heterocycles. The van der Waals surface area contributed by atoms with Gasteiger partial charge in [0.25, 0.3) is 5.69 Å². The van der Waals surface area contributed by atoms with Gasteiger partial charge in [-0.1, -0.05) is 30.3 Å². The first-order chi connectivity index (χ1) is 15.2. The Hall–Kier alpha value is -3.54. The van der Waals surface area contributed by atoms with Gasteiger partial charge in [0.15, 0.2) is 0 Å². The van der Waals surface area contributed by atoms with Crippen LogP contribution in [0.15, 0.2) is 54.7 Å². The van der Waals surface area contributed by atoms with Gasteiger partial charge in [-0.05, 0) is 18.1 Å². The van der Waals surface area contributed by atoms with Crippen molar-refractivity contribution in [3.05, 3.63) is 76.0 Å². The molecule has 8 nitrogen and oxygen atoms in total. The van der Waals surface area contributed by atoms with Crippen molar-refractivity contribution in [3.8, 4) is 6.07 Å². The highest BCUT2D eigenvalue weighted by molar-refractivity contribution is 5.95. The molecule has 31 heavy (non-hydrogen) atoms. The molecule has 3 aromatic rings. The van der Waals surface area contributed by atoms with Gasteiger partial charge in [0.1, 0.15) is 6.07 Å². The molecule has 4 rings (SSSR count). The highest BCUT2D eigenvalue weighted by atomic mass is 16.6. The minimum absolute atomic E-state index is 0.0305. The van der Waals surface area contributed by atoms with Crippen molar-refractivity contribution in [1.29, 1.82) is 5.26 Å². The molecule has 1 aliphatic rings. The Kier molecular flexibility index (Phi) is 6.36. The summed E-state index contributed by atoms with van der Waals surface area (Å²) in [4.78, 5) is 17.5. The Labute approximate surface area is 180 Å². The summed E-state index contributed by atoms with van der Waals surface area (Å²) in [6, 6.07) is 16.7. The monoisotopic (exact) mass is 417 g/mol. The molecule has 0 amide bonds. The van der Waals surface area contributed by atoms with Crippen LogP contribution in [0.3, 0.4) is 0 Å². The summed E-state index contributed by atoms with van der Waals surface area (Å²) in [5, 5.41) is 25.1. The van der Waals surface area contributed by atoms with Gasteiger partial charge in [-0.3, -0.25) is 20.0 Å². The average Bonchev–Trinajstić information content (AvgIpc) is 2.82. The number of fused-ring (bicyclic) bond motifs is 1. The van der Waals surface area contributed by atoms with E-state index in [1.807, 2.05) is 18.2 Å². The predicted molar refractivity (Wildman–Crippen MR) is 118 cm³/mol. The van der Waals surface area contributed by atoms with E-state index in [9.17, 15) is 15.4 Å². The van der Waals surface area contributed by atoms with Gasteiger partial charge in [0, 0.05) is 43.4 Å². The lowest BCUT2D eigenvalue weighted by molar-refractivity contribution is -0.384. The minimum atomic E-state index is -0.435. The van der Waals surface area contributed by atoms with Crippen molar-refractivity contribution in [2.45, 2.75) is 12.5 Å². The third-order valence-corrected chi connectivity index (χ3v) is 5.54. The molecule has 2 heterocycles. The number of nitro benzene ring substituents is 1. The van der Waals surface area contributed by atoms with Crippen molar-refractivity contribution in [1.82, 2.24) is 9.88 Å². The quantitative estimate of drug-likeness (QED) is 0.459. The van der Waals surface area contributed by atoms with Crippen LogP contribution in [0, 0.1) is 21.4 Å². The average molecular weight is 417 g/mol. The van der Waals surface area contributed by atoms with E-state index in [0.29, 0.717) is 22.2 Å². The number of hydrogen-bond donors (Lipinski definition) is 1. The van der Waals surface area contributed by atoms with E-state index in [4.69, 9.17) is 4.74 Å². The van der Waals surface area contributed by atoms with Crippen LogP contribution in [0.2, 0.25) is 0 Å². The summed E-state index contributed by atoms with van der Waals surface area (Å²) in [7, 11) is 0. The standard InChI is InChI=1S/C23H23N5O3/c24-15-18-16-25-22-7-6-19(28(29)30)14-20(22)23(18)26-21(17-4-2-1-3-5-17)8-9-27-10-12-31-13-11-27/h1-7,14,16,21H,8-13H2,(H,25,26). The van der Waals surface area contributed by atoms with E-state index >= 15 is 0 Å². The highest BCUT2D eigenvalue weighted by Crippen LogP contribution is 2.33. The van der Waals surface area contributed by atoms with Crippen molar-refractivity contribution in [2.24, 2.45) is 0 Å². The molecule has 0 spiro atoms. The van der Waals surface area contributed by atoms with Crippen LogP contribution in [0.4, 0.5) is 11.4 Å². The third kappa shape index (κ3) is 4.79. The lowest BCUT2D eigenvalue weighted by atomic mass is 10.0. The number of aromatic nitrogens is 1. The second kappa shape index (κ2) is 9.51. The zero-order valence-electron chi connectivity index (χ0n) is 17.0. The zero-order chi connectivity index (χ0) is 21.6. The molecule has 1 aromatic heterocycles. The number of nitrogens with one attached hydrogen (secondary N) is 1. The summed E-state index contributed by atoms with van der Waals surface area (Å²) in [5.41, 5.74) is 2.60. The predicted octanol–water partition coefficient (Wildman–Crippen LogP) is 3.89. The fourth-order valence-corrected chi connectivity index (χ4v) is 3.85. The molecule has 0 aliphatic carbocycles. The second-order valence-electron chi connectivity index (χ2n) is 7.47. The van der Waals surface area contributed by atoms with Crippen LogP contribution in [0.25, 0.3) is 10.9 Å². The maximum Gasteiger partial charge on any atom is 0.270 e. The van der Waals surface area contributed by atoms with Crippen LogP contribution < -0.4 is 5.32 Å². The molecule has 1 unspecified atom stereocenters. The summed E-state index contributed by atoms with van der Waals surface area (Å²) in [6.07, 6.45) is 2.33. The Morgan fingerprint density at radius 2 is 2.00 bits per heavy atom. The number of nitrogens with zero attached hydrogens (tertiary/aromatic N) is 4. The first-order valence-electron chi connectivity index (χ1n) is 10.2.